The highest BCUT2D eigenvalue weighted by Crippen LogP contribution is 2.38. The lowest BCUT2D eigenvalue weighted by Crippen LogP contribution is -2.27. The summed E-state index contributed by atoms with van der Waals surface area (Å²) >= 11 is 5.26. The number of rotatable bonds is 0. The fourth-order valence-corrected chi connectivity index (χ4v) is 1.15. The molecule has 1 aliphatic rings. The Hall–Kier alpha value is -0.680. The molecule has 1 atom stereocenters. The van der Waals surface area contributed by atoms with Crippen molar-refractivity contribution in [2.24, 2.45) is 0 Å². The molecule has 1 aliphatic carbocycles. The zero-order valence-electron chi connectivity index (χ0n) is 6.27. The van der Waals surface area contributed by atoms with E-state index in [9.17, 15) is 13.2 Å². The SMILES string of the molecule is OC1=C(C(F)(F)F)CC(O)(Cl)C=C1. The second-order valence-electron chi connectivity index (χ2n) is 2.69. The molecule has 0 heterocycles. The molecule has 0 aliphatic heterocycles. The van der Waals surface area contributed by atoms with Gasteiger partial charge in [0.25, 0.3) is 0 Å². The molecule has 0 bridgehead atoms. The quantitative estimate of drug-likeness (QED) is 0.607. The van der Waals surface area contributed by atoms with Gasteiger partial charge in [0.2, 0.25) is 0 Å². The Balaban J connectivity index is 3.03. The van der Waals surface area contributed by atoms with Gasteiger partial charge in [0.05, 0.1) is 5.57 Å². The minimum atomic E-state index is -4.67. The molecule has 0 radical (unpaired) electrons. The molecule has 2 nitrogen and oxygen atoms in total. The third kappa shape index (κ3) is 2.38. The van der Waals surface area contributed by atoms with E-state index in [1.54, 1.807) is 0 Å². The van der Waals surface area contributed by atoms with Gasteiger partial charge >= 0.3 is 6.18 Å². The lowest BCUT2D eigenvalue weighted by atomic mass is 10.0. The summed E-state index contributed by atoms with van der Waals surface area (Å²) in [5.41, 5.74) is -1.22. The van der Waals surface area contributed by atoms with E-state index in [4.69, 9.17) is 21.8 Å². The largest absolute Gasteiger partial charge is 0.508 e. The second kappa shape index (κ2) is 2.92. The Morgan fingerprint density at radius 3 is 2.38 bits per heavy atom. The van der Waals surface area contributed by atoms with E-state index < -0.39 is 29.0 Å². The molecule has 1 rings (SSSR count). The van der Waals surface area contributed by atoms with Gasteiger partial charge in [-0.25, -0.2) is 0 Å². The zero-order valence-corrected chi connectivity index (χ0v) is 7.02. The molecule has 0 saturated heterocycles. The monoisotopic (exact) mass is 214 g/mol. The van der Waals surface area contributed by atoms with E-state index in [2.05, 4.69) is 0 Å². The third-order valence-electron chi connectivity index (χ3n) is 1.57. The predicted molar refractivity (Wildman–Crippen MR) is 40.3 cm³/mol. The van der Waals surface area contributed by atoms with Crippen LogP contribution in [0.15, 0.2) is 23.5 Å². The fourth-order valence-electron chi connectivity index (χ4n) is 0.950. The Kier molecular flexibility index (Phi) is 2.34. The summed E-state index contributed by atoms with van der Waals surface area (Å²) in [5.74, 6) is -0.905. The molecule has 0 amide bonds. The first-order valence-electron chi connectivity index (χ1n) is 3.32. The summed E-state index contributed by atoms with van der Waals surface area (Å²) in [4.78, 5) is 0. The minimum absolute atomic E-state index is 0.735. The molecule has 74 valence electrons. The standard InChI is InChI=1S/C7H6ClF3O2/c8-6(13)2-1-5(12)4(3-6)7(9,10)11/h1-2,12-13H,3H2. The lowest BCUT2D eigenvalue weighted by molar-refractivity contribution is -0.100. The van der Waals surface area contributed by atoms with E-state index in [0.29, 0.717) is 0 Å². The van der Waals surface area contributed by atoms with Crippen LogP contribution >= 0.6 is 11.6 Å². The number of allylic oxidation sites excluding steroid dienone is 1. The second-order valence-corrected chi connectivity index (χ2v) is 3.34. The number of halogens is 4. The van der Waals surface area contributed by atoms with Crippen molar-refractivity contribution in [1.29, 1.82) is 0 Å². The van der Waals surface area contributed by atoms with Crippen LogP contribution in [0.5, 0.6) is 0 Å². The molecule has 1 unspecified atom stereocenters. The molecule has 6 heteroatoms. The number of aliphatic hydroxyl groups excluding tert-OH is 1. The van der Waals surface area contributed by atoms with Gasteiger partial charge in [0, 0.05) is 6.42 Å². The maximum absolute atomic E-state index is 12.1. The van der Waals surface area contributed by atoms with E-state index in [1.807, 2.05) is 0 Å². The highest BCUT2D eigenvalue weighted by Gasteiger charge is 2.42. The first-order valence-corrected chi connectivity index (χ1v) is 3.70. The van der Waals surface area contributed by atoms with Crippen molar-refractivity contribution in [3.05, 3.63) is 23.5 Å². The number of hydrogen-bond donors (Lipinski definition) is 2. The highest BCUT2D eigenvalue weighted by molar-refractivity contribution is 6.24. The van der Waals surface area contributed by atoms with Gasteiger partial charge in [-0.15, -0.1) is 0 Å². The van der Waals surface area contributed by atoms with Gasteiger partial charge < -0.3 is 10.2 Å². The number of hydrogen-bond acceptors (Lipinski definition) is 2. The summed E-state index contributed by atoms with van der Waals surface area (Å²) in [6.07, 6.45) is -3.88. The Morgan fingerprint density at radius 2 is 2.00 bits per heavy atom. The molecule has 0 fully saturated rings. The summed E-state index contributed by atoms with van der Waals surface area (Å²) in [6, 6.07) is 0. The van der Waals surface area contributed by atoms with Crippen molar-refractivity contribution < 1.29 is 23.4 Å². The maximum atomic E-state index is 12.1. The predicted octanol–water partition coefficient (Wildman–Crippen LogP) is 2.25. The normalized spacial score (nSPS) is 29.6. The van der Waals surface area contributed by atoms with Crippen LogP contribution in [0.3, 0.4) is 0 Å². The van der Waals surface area contributed by atoms with Crippen LogP contribution in [-0.4, -0.2) is 21.4 Å². The first kappa shape index (κ1) is 10.4. The molecule has 2 N–H and O–H groups in total. The van der Waals surface area contributed by atoms with Crippen LogP contribution in [0.2, 0.25) is 0 Å². The minimum Gasteiger partial charge on any atom is -0.508 e. The van der Waals surface area contributed by atoms with Crippen LogP contribution in [-0.2, 0) is 0 Å². The van der Waals surface area contributed by atoms with Crippen LogP contribution in [0.25, 0.3) is 0 Å². The highest BCUT2D eigenvalue weighted by atomic mass is 35.5. The van der Waals surface area contributed by atoms with Crippen molar-refractivity contribution in [1.82, 2.24) is 0 Å². The summed E-state index contributed by atoms with van der Waals surface area (Å²) < 4.78 is 36.3. The molecular formula is C7H6ClF3O2. The van der Waals surface area contributed by atoms with Crippen molar-refractivity contribution in [3.8, 4) is 0 Å². The Bertz CT molecular complexity index is 278. The average Bonchev–Trinajstić information content (AvgIpc) is 1.92. The molecule has 0 aromatic heterocycles. The molecule has 0 aromatic rings. The van der Waals surface area contributed by atoms with Crippen molar-refractivity contribution in [3.63, 3.8) is 0 Å². The Labute approximate surface area is 76.9 Å². The van der Waals surface area contributed by atoms with Gasteiger partial charge in [-0.05, 0) is 12.2 Å². The molecule has 0 saturated carbocycles. The van der Waals surface area contributed by atoms with Gasteiger partial charge in [-0.1, -0.05) is 11.6 Å². The van der Waals surface area contributed by atoms with Gasteiger partial charge in [-0.3, -0.25) is 0 Å². The van der Waals surface area contributed by atoms with Crippen molar-refractivity contribution in [2.45, 2.75) is 17.7 Å². The topological polar surface area (TPSA) is 40.5 Å². The molecular weight excluding hydrogens is 209 g/mol. The zero-order chi connectivity index (χ0) is 10.3. The van der Waals surface area contributed by atoms with Crippen molar-refractivity contribution >= 4 is 11.6 Å². The molecule has 0 spiro atoms. The van der Waals surface area contributed by atoms with Gasteiger partial charge in [-0.2, -0.15) is 13.2 Å². The maximum Gasteiger partial charge on any atom is 0.416 e. The van der Waals surface area contributed by atoms with Crippen molar-refractivity contribution in [2.75, 3.05) is 0 Å². The smallest absolute Gasteiger partial charge is 0.416 e. The van der Waals surface area contributed by atoms with Gasteiger partial charge in [0.15, 0.2) is 5.06 Å². The van der Waals surface area contributed by atoms with E-state index in [1.165, 1.54) is 0 Å². The number of alkyl halides is 4. The van der Waals surface area contributed by atoms with Crippen LogP contribution in [0.4, 0.5) is 13.2 Å². The average molecular weight is 215 g/mol. The molecule has 0 aromatic carbocycles. The van der Waals surface area contributed by atoms with Crippen LogP contribution < -0.4 is 0 Å². The first-order chi connectivity index (χ1) is 5.72. The fraction of sp³-hybridized carbons (Fsp3) is 0.429. The lowest BCUT2D eigenvalue weighted by Gasteiger charge is -2.24. The van der Waals surface area contributed by atoms with E-state index >= 15 is 0 Å². The van der Waals surface area contributed by atoms with E-state index in [-0.39, 0.29) is 0 Å². The molecule has 13 heavy (non-hydrogen) atoms. The number of aliphatic hydroxyl groups is 2. The third-order valence-corrected chi connectivity index (χ3v) is 1.83. The summed E-state index contributed by atoms with van der Waals surface area (Å²) in [6.45, 7) is 0. The van der Waals surface area contributed by atoms with E-state index in [0.717, 1.165) is 12.2 Å². The Morgan fingerprint density at radius 1 is 1.46 bits per heavy atom. The summed E-state index contributed by atoms with van der Waals surface area (Å²) in [7, 11) is 0. The summed E-state index contributed by atoms with van der Waals surface area (Å²) in [5, 5.41) is 15.8. The van der Waals surface area contributed by atoms with Crippen LogP contribution in [0, 0.1) is 0 Å². The van der Waals surface area contributed by atoms with Gasteiger partial charge in [0.1, 0.15) is 5.76 Å². The van der Waals surface area contributed by atoms with Crippen LogP contribution in [0.1, 0.15) is 6.42 Å².